The number of amides is 1. The molecule has 2 aliphatic rings. The second-order valence-corrected chi connectivity index (χ2v) is 5.89. The molecular formula is C16H19N3O3. The second-order valence-electron chi connectivity index (χ2n) is 5.89. The number of benzene rings is 1. The number of nitrogens with zero attached hydrogens (tertiary/aromatic N) is 3. The normalized spacial score (nSPS) is 24.8. The number of carbonyl (C=O) groups is 1. The number of anilines is 1. The van der Waals surface area contributed by atoms with Crippen molar-refractivity contribution >= 4 is 23.0 Å². The van der Waals surface area contributed by atoms with Gasteiger partial charge in [0.1, 0.15) is 5.52 Å². The van der Waals surface area contributed by atoms with E-state index >= 15 is 0 Å². The lowest BCUT2D eigenvalue weighted by Crippen LogP contribution is -2.49. The van der Waals surface area contributed by atoms with Crippen LogP contribution in [0.1, 0.15) is 6.42 Å². The fourth-order valence-corrected chi connectivity index (χ4v) is 3.04. The summed E-state index contributed by atoms with van der Waals surface area (Å²) in [6.45, 7) is 2.93. The van der Waals surface area contributed by atoms with Crippen molar-refractivity contribution in [3.8, 4) is 0 Å². The van der Waals surface area contributed by atoms with E-state index in [1.807, 2.05) is 29.2 Å². The third kappa shape index (κ3) is 2.33. The van der Waals surface area contributed by atoms with Crippen LogP contribution < -0.4 is 4.90 Å². The Bertz CT molecular complexity index is 658. The van der Waals surface area contributed by atoms with E-state index in [-0.39, 0.29) is 17.9 Å². The Balaban J connectivity index is 1.40. The summed E-state index contributed by atoms with van der Waals surface area (Å²) >= 11 is 0. The highest BCUT2D eigenvalue weighted by Gasteiger charge is 2.45. The summed E-state index contributed by atoms with van der Waals surface area (Å²) in [6, 6.07) is 8.40. The maximum absolute atomic E-state index is 12.3. The number of piperazine rings is 1. The smallest absolute Gasteiger partial charge is 0.298 e. The van der Waals surface area contributed by atoms with Gasteiger partial charge in [0.15, 0.2) is 5.58 Å². The van der Waals surface area contributed by atoms with Gasteiger partial charge in [0.2, 0.25) is 5.91 Å². The lowest BCUT2D eigenvalue weighted by molar-refractivity contribution is -0.133. The summed E-state index contributed by atoms with van der Waals surface area (Å²) in [7, 11) is 1.67. The molecule has 2 aromatic rings. The Morgan fingerprint density at radius 2 is 2.05 bits per heavy atom. The highest BCUT2D eigenvalue weighted by atomic mass is 16.5. The van der Waals surface area contributed by atoms with E-state index in [0.717, 1.165) is 30.6 Å². The summed E-state index contributed by atoms with van der Waals surface area (Å²) in [5.74, 6) is 0.296. The van der Waals surface area contributed by atoms with Crippen LogP contribution in [0.2, 0.25) is 0 Å². The molecule has 2 atom stereocenters. The molecule has 2 heterocycles. The maximum Gasteiger partial charge on any atom is 0.298 e. The molecule has 1 aliphatic carbocycles. The zero-order valence-corrected chi connectivity index (χ0v) is 12.6. The van der Waals surface area contributed by atoms with Gasteiger partial charge in [-0.25, -0.2) is 0 Å². The molecule has 116 valence electrons. The van der Waals surface area contributed by atoms with E-state index in [4.69, 9.17) is 9.15 Å². The van der Waals surface area contributed by atoms with Crippen LogP contribution in [0.4, 0.5) is 6.01 Å². The van der Waals surface area contributed by atoms with Crippen molar-refractivity contribution in [1.82, 2.24) is 9.88 Å². The number of ether oxygens (including phenoxy) is 1. The van der Waals surface area contributed by atoms with Crippen molar-refractivity contribution in [2.75, 3.05) is 38.2 Å². The Labute approximate surface area is 128 Å². The number of para-hydroxylation sites is 2. The lowest BCUT2D eigenvalue weighted by Gasteiger charge is -2.34. The molecule has 1 saturated carbocycles. The number of carbonyl (C=O) groups excluding carboxylic acids is 1. The number of oxazole rings is 1. The van der Waals surface area contributed by atoms with Gasteiger partial charge in [0.25, 0.3) is 6.01 Å². The van der Waals surface area contributed by atoms with Crippen molar-refractivity contribution in [2.45, 2.75) is 12.5 Å². The fraction of sp³-hybridized carbons (Fsp3) is 0.500. The van der Waals surface area contributed by atoms with Crippen molar-refractivity contribution in [3.63, 3.8) is 0 Å². The molecule has 1 aromatic carbocycles. The fourth-order valence-electron chi connectivity index (χ4n) is 3.04. The van der Waals surface area contributed by atoms with Gasteiger partial charge in [-0.2, -0.15) is 4.98 Å². The Morgan fingerprint density at radius 1 is 1.27 bits per heavy atom. The SMILES string of the molecule is CO[C@@H]1C[C@H]1C(=O)N1CCN(c2nc3ccccc3o2)CC1. The molecule has 1 amide bonds. The summed E-state index contributed by atoms with van der Waals surface area (Å²) in [4.78, 5) is 20.9. The molecule has 6 heteroatoms. The van der Waals surface area contributed by atoms with Gasteiger partial charge in [0, 0.05) is 33.3 Å². The average Bonchev–Trinajstić information content (AvgIpc) is 3.23. The number of hydrogen-bond acceptors (Lipinski definition) is 5. The highest BCUT2D eigenvalue weighted by molar-refractivity contribution is 5.82. The van der Waals surface area contributed by atoms with Crippen molar-refractivity contribution < 1.29 is 13.9 Å². The molecular weight excluding hydrogens is 282 g/mol. The average molecular weight is 301 g/mol. The minimum atomic E-state index is 0.0703. The van der Waals surface area contributed by atoms with Crippen molar-refractivity contribution in [3.05, 3.63) is 24.3 Å². The van der Waals surface area contributed by atoms with Gasteiger partial charge in [-0.3, -0.25) is 4.79 Å². The van der Waals surface area contributed by atoms with Crippen molar-refractivity contribution in [2.24, 2.45) is 5.92 Å². The van der Waals surface area contributed by atoms with Crippen LogP contribution in [0.25, 0.3) is 11.1 Å². The van der Waals surface area contributed by atoms with Gasteiger partial charge < -0.3 is 19.0 Å². The van der Waals surface area contributed by atoms with Crippen LogP contribution in [0.3, 0.4) is 0 Å². The van der Waals surface area contributed by atoms with Crippen LogP contribution in [-0.2, 0) is 9.53 Å². The first-order valence-corrected chi connectivity index (χ1v) is 7.68. The van der Waals surface area contributed by atoms with Crippen molar-refractivity contribution in [1.29, 1.82) is 0 Å². The van der Waals surface area contributed by atoms with E-state index in [1.165, 1.54) is 0 Å². The first-order valence-electron chi connectivity index (χ1n) is 7.68. The number of fused-ring (bicyclic) bond motifs is 1. The third-order valence-electron chi connectivity index (χ3n) is 4.50. The molecule has 0 radical (unpaired) electrons. The molecule has 1 aliphatic heterocycles. The third-order valence-corrected chi connectivity index (χ3v) is 4.50. The Morgan fingerprint density at radius 3 is 2.73 bits per heavy atom. The van der Waals surface area contributed by atoms with Crippen LogP contribution in [-0.4, -0.2) is 55.2 Å². The first kappa shape index (κ1) is 13.6. The molecule has 6 nitrogen and oxygen atoms in total. The molecule has 0 bridgehead atoms. The molecule has 22 heavy (non-hydrogen) atoms. The van der Waals surface area contributed by atoms with E-state index in [1.54, 1.807) is 7.11 Å². The highest BCUT2D eigenvalue weighted by Crippen LogP contribution is 2.35. The lowest BCUT2D eigenvalue weighted by atomic mass is 10.2. The van der Waals surface area contributed by atoms with E-state index in [9.17, 15) is 4.79 Å². The second kappa shape index (κ2) is 5.28. The van der Waals surface area contributed by atoms with Gasteiger partial charge in [0.05, 0.1) is 12.0 Å². The number of rotatable bonds is 3. The molecule has 0 unspecified atom stereocenters. The summed E-state index contributed by atoms with van der Waals surface area (Å²) in [5.41, 5.74) is 1.67. The van der Waals surface area contributed by atoms with E-state index in [0.29, 0.717) is 19.1 Å². The minimum Gasteiger partial charge on any atom is -0.423 e. The number of aromatic nitrogens is 1. The monoisotopic (exact) mass is 301 g/mol. The summed E-state index contributed by atoms with van der Waals surface area (Å²) in [5, 5.41) is 0. The van der Waals surface area contributed by atoms with E-state index < -0.39 is 0 Å². The summed E-state index contributed by atoms with van der Waals surface area (Å²) in [6.07, 6.45) is 0.989. The van der Waals surface area contributed by atoms with Gasteiger partial charge in [-0.05, 0) is 18.6 Å². The summed E-state index contributed by atoms with van der Waals surface area (Å²) < 4.78 is 11.0. The Kier molecular flexibility index (Phi) is 3.26. The largest absolute Gasteiger partial charge is 0.423 e. The first-order chi connectivity index (χ1) is 10.8. The Hall–Kier alpha value is -2.08. The van der Waals surface area contributed by atoms with Crippen LogP contribution in [0.5, 0.6) is 0 Å². The molecule has 0 spiro atoms. The topological polar surface area (TPSA) is 58.8 Å². The van der Waals surface area contributed by atoms with Gasteiger partial charge >= 0.3 is 0 Å². The molecule has 2 fully saturated rings. The zero-order valence-electron chi connectivity index (χ0n) is 12.6. The molecule has 4 rings (SSSR count). The van der Waals surface area contributed by atoms with Gasteiger partial charge in [-0.1, -0.05) is 12.1 Å². The van der Waals surface area contributed by atoms with Crippen LogP contribution in [0, 0.1) is 5.92 Å². The van der Waals surface area contributed by atoms with Gasteiger partial charge in [-0.15, -0.1) is 0 Å². The molecule has 0 N–H and O–H groups in total. The predicted molar refractivity (Wildman–Crippen MR) is 81.7 cm³/mol. The molecule has 1 aromatic heterocycles. The predicted octanol–water partition coefficient (Wildman–Crippen LogP) is 1.51. The minimum absolute atomic E-state index is 0.0703. The number of hydrogen-bond donors (Lipinski definition) is 0. The molecule has 1 saturated heterocycles. The van der Waals surface area contributed by atoms with E-state index in [2.05, 4.69) is 9.88 Å². The van der Waals surface area contributed by atoms with Crippen LogP contribution in [0.15, 0.2) is 28.7 Å². The number of methoxy groups -OCH3 is 1. The zero-order chi connectivity index (χ0) is 15.1. The van der Waals surface area contributed by atoms with Crippen LogP contribution >= 0.6 is 0 Å². The standard InChI is InChI=1S/C16H19N3O3/c1-21-14-10-11(14)15(20)18-6-8-19(9-7-18)16-17-12-4-2-3-5-13(12)22-16/h2-5,11,14H,6-10H2,1H3/t11-,14-/m1/s1. The quantitative estimate of drug-likeness (QED) is 0.860. The maximum atomic E-state index is 12.3.